The fourth-order valence-corrected chi connectivity index (χ4v) is 1.17. The van der Waals surface area contributed by atoms with Gasteiger partial charge in [0, 0.05) is 6.20 Å². The Hall–Kier alpha value is -2.96. The third kappa shape index (κ3) is 4.43. The van der Waals surface area contributed by atoms with Crippen LogP contribution in [0.1, 0.15) is 0 Å². The minimum absolute atomic E-state index is 0.863. The van der Waals surface area contributed by atoms with Crippen molar-refractivity contribution in [3.05, 3.63) is 68.4 Å². The van der Waals surface area contributed by atoms with Gasteiger partial charge in [0.2, 0.25) is 0 Å². The molecule has 0 fully saturated rings. The van der Waals surface area contributed by atoms with Gasteiger partial charge in [0.05, 0.1) is 24.1 Å². The summed E-state index contributed by atoms with van der Waals surface area (Å²) >= 11 is 0. The van der Waals surface area contributed by atoms with E-state index in [-0.39, 0.29) is 0 Å². The smallest absolute Gasteiger partial charge is 0.115 e. The van der Waals surface area contributed by atoms with Gasteiger partial charge >= 0.3 is 0 Å². The van der Waals surface area contributed by atoms with Gasteiger partial charge in [0.15, 0.2) is 0 Å². The third-order valence-corrected chi connectivity index (χ3v) is 1.96. The summed E-state index contributed by atoms with van der Waals surface area (Å²) in [6.07, 6.45) is 13.7. The summed E-state index contributed by atoms with van der Waals surface area (Å²) in [5.41, 5.74) is 0.863. The Morgan fingerprint density at radius 1 is 1.00 bits per heavy atom. The normalized spacial score (nSPS) is 9.05. The highest BCUT2D eigenvalue weighted by Crippen LogP contribution is 1.92. The zero-order valence-electron chi connectivity index (χ0n) is 10.00. The number of rotatable bonds is 0. The van der Waals surface area contributed by atoms with E-state index in [1.54, 1.807) is 29.3 Å². The zero-order chi connectivity index (χ0) is 13.2. The summed E-state index contributed by atoms with van der Waals surface area (Å²) in [6.45, 7) is 0. The number of fused-ring (bicyclic) bond motifs is 1. The van der Waals surface area contributed by atoms with Gasteiger partial charge in [-0.2, -0.15) is 0 Å². The van der Waals surface area contributed by atoms with Crippen LogP contribution in [0.3, 0.4) is 0 Å². The summed E-state index contributed by atoms with van der Waals surface area (Å²) in [6, 6.07) is 3.64. The van der Waals surface area contributed by atoms with Crippen LogP contribution in [0.4, 0.5) is 0 Å². The molecule has 0 aliphatic carbocycles. The van der Waals surface area contributed by atoms with Crippen molar-refractivity contribution in [3.8, 4) is 0 Å². The second-order valence-corrected chi connectivity index (χ2v) is 3.22. The van der Waals surface area contributed by atoms with E-state index in [2.05, 4.69) is 25.0 Å². The Kier molecular flexibility index (Phi) is 4.86. The molecule has 0 atom stereocenters. The number of imidazole rings is 1. The minimum atomic E-state index is 0.863. The van der Waals surface area contributed by atoms with Gasteiger partial charge in [-0.3, -0.25) is 5.10 Å². The van der Waals surface area contributed by atoms with E-state index in [1.807, 2.05) is 6.07 Å². The number of nitrogens with zero attached hydrogens (tertiary/aromatic N) is 5. The van der Waals surface area contributed by atoms with Crippen molar-refractivity contribution in [1.82, 2.24) is 29.5 Å². The number of nitrogens with one attached hydrogen (secondary N) is 1. The molecular weight excluding hydrogens is 244 g/mol. The van der Waals surface area contributed by atoms with E-state index < -0.39 is 0 Å². The van der Waals surface area contributed by atoms with Gasteiger partial charge in [-0.05, 0) is 12.1 Å². The first-order valence-electron chi connectivity index (χ1n) is 5.44. The molecule has 0 aliphatic rings. The Morgan fingerprint density at radius 3 is 2.79 bits per heavy atom. The maximum atomic E-state index is 4.99. The Morgan fingerprint density at radius 2 is 1.84 bits per heavy atom. The molecule has 19 heavy (non-hydrogen) atoms. The Bertz CT molecular complexity index is 614. The van der Waals surface area contributed by atoms with E-state index in [0.29, 0.717) is 0 Å². The van der Waals surface area contributed by atoms with Gasteiger partial charge in [0.25, 0.3) is 0 Å². The highest BCUT2D eigenvalue weighted by atomic mass is 16.3. The quantitative estimate of drug-likeness (QED) is 0.777. The van der Waals surface area contributed by atoms with Crippen LogP contribution in [0.2, 0.25) is 0 Å². The third-order valence-electron chi connectivity index (χ3n) is 1.96. The van der Waals surface area contributed by atoms with Crippen LogP contribution in [0, 0.1) is 0 Å². The van der Waals surface area contributed by atoms with Crippen molar-refractivity contribution in [1.29, 1.82) is 0 Å². The lowest BCUT2D eigenvalue weighted by Crippen LogP contribution is -1.83. The molecule has 2 heterocycles. The fraction of sp³-hybridized carbons (Fsp3) is 0. The lowest BCUT2D eigenvalue weighted by Gasteiger charge is -1.84. The van der Waals surface area contributed by atoms with Crippen LogP contribution in [0.5, 0.6) is 0 Å². The van der Waals surface area contributed by atoms with Gasteiger partial charge in [0.1, 0.15) is 31.5 Å². The lowest BCUT2D eigenvalue weighted by molar-refractivity contribution is 0.550. The molecule has 0 bridgehead atoms. The topological polar surface area (TPSA) is 84.9 Å². The molecule has 0 radical (unpaired) electrons. The number of hydrogen-bond acceptors (Lipinski definition) is 5. The number of H-pyrrole nitrogens is 1. The second-order valence-electron chi connectivity index (χ2n) is 3.22. The molecule has 0 aliphatic heterocycles. The molecule has 96 valence electrons. The second kappa shape index (κ2) is 7.38. The van der Waals surface area contributed by atoms with Crippen molar-refractivity contribution >= 4 is 5.52 Å². The van der Waals surface area contributed by atoms with E-state index in [1.165, 1.54) is 37.6 Å². The summed E-state index contributed by atoms with van der Waals surface area (Å²) in [5.74, 6) is 0. The predicted molar refractivity (Wildman–Crippen MR) is 68.1 cm³/mol. The van der Waals surface area contributed by atoms with Crippen molar-refractivity contribution in [2.45, 2.75) is 0 Å². The summed E-state index contributed by atoms with van der Waals surface area (Å²) in [4.78, 5) is 15.8. The Balaban J connectivity index is 2.52. The van der Waals surface area contributed by atoms with Crippen LogP contribution in [0.15, 0.2) is 72.8 Å². The molecule has 2 aromatic rings. The van der Waals surface area contributed by atoms with Gasteiger partial charge in [-0.15, -0.1) is 0 Å². The molecule has 7 heteroatoms. The molecular formula is C12H12N6O. The van der Waals surface area contributed by atoms with Crippen LogP contribution >= 0.6 is 0 Å². The molecule has 0 saturated carbocycles. The van der Waals surface area contributed by atoms with E-state index in [0.717, 1.165) is 5.52 Å². The highest BCUT2D eigenvalue weighted by Gasteiger charge is 1.83. The van der Waals surface area contributed by atoms with E-state index >= 15 is 0 Å². The monoisotopic (exact) mass is 256 g/mol. The average molecular weight is 256 g/mol. The summed E-state index contributed by atoms with van der Waals surface area (Å²) in [7, 11) is 0. The average Bonchev–Trinajstić information content (AvgIpc) is 2.85. The molecule has 0 amide bonds. The van der Waals surface area contributed by atoms with E-state index in [9.17, 15) is 0 Å². The summed E-state index contributed by atoms with van der Waals surface area (Å²) < 4.78 is 6.70. The zero-order valence-corrected chi connectivity index (χ0v) is 10.00. The van der Waals surface area contributed by atoms with Gasteiger partial charge in [-0.1, -0.05) is 0 Å². The number of aromatic nitrogens is 6. The maximum absolute atomic E-state index is 4.99. The predicted octanol–water partition coefficient (Wildman–Crippen LogP) is 1.81. The van der Waals surface area contributed by atoms with Crippen LogP contribution in [-0.2, 0) is 0 Å². The van der Waals surface area contributed by atoms with Crippen molar-refractivity contribution in [2.24, 2.45) is 0 Å². The van der Waals surface area contributed by atoms with Crippen molar-refractivity contribution < 1.29 is 4.42 Å². The first-order chi connectivity index (χ1) is 9.47. The highest BCUT2D eigenvalue weighted by molar-refractivity contribution is 5.40. The van der Waals surface area contributed by atoms with Gasteiger partial charge < -0.3 is 4.42 Å². The first kappa shape index (κ1) is 12.5. The molecule has 7 nitrogen and oxygen atoms in total. The maximum Gasteiger partial charge on any atom is 0.115 e. The number of hydrogen-bond donors (Lipinski definition) is 1. The lowest BCUT2D eigenvalue weighted by atomic mass is 10.5. The van der Waals surface area contributed by atoms with E-state index in [4.69, 9.17) is 4.42 Å². The van der Waals surface area contributed by atoms with Gasteiger partial charge in [-0.25, -0.2) is 24.5 Å². The molecule has 0 aromatic carbocycles. The molecule has 0 spiro atoms. The minimum Gasteiger partial charge on any atom is -0.469 e. The molecule has 2 aromatic heterocycles. The molecule has 0 unspecified atom stereocenters. The van der Waals surface area contributed by atoms with Crippen LogP contribution in [-0.4, -0.2) is 29.5 Å². The largest absolute Gasteiger partial charge is 0.469 e. The van der Waals surface area contributed by atoms with Crippen LogP contribution in [0.25, 0.3) is 5.52 Å². The SMILES string of the molecule is c1cncnccoccnc[nH]n2cncc2c1. The van der Waals surface area contributed by atoms with Crippen molar-refractivity contribution in [2.75, 3.05) is 0 Å². The molecule has 1 N–H and O–H groups in total. The fourth-order valence-electron chi connectivity index (χ4n) is 1.17. The number of aromatic amines is 1. The molecule has 2 rings (SSSR count). The van der Waals surface area contributed by atoms with Crippen LogP contribution < -0.4 is 0 Å². The summed E-state index contributed by atoms with van der Waals surface area (Å²) in [5, 5.41) is 2.94. The first-order valence-corrected chi connectivity index (χ1v) is 5.44. The molecule has 0 saturated heterocycles. The standard InChI is InChI=1S/C12H12N6O/c1-2-12-8-16-11-18(12)17-10-15-5-7-19-6-4-14-9-13-3-1/h1-11H,(H,15,17). The Labute approximate surface area is 109 Å². The van der Waals surface area contributed by atoms with Crippen molar-refractivity contribution in [3.63, 3.8) is 0 Å².